The number of ether oxygens (including phenoxy) is 1. The zero-order valence-corrected chi connectivity index (χ0v) is 14.6. The van der Waals surface area contributed by atoms with Gasteiger partial charge in [-0.25, -0.2) is 0 Å². The van der Waals surface area contributed by atoms with E-state index in [9.17, 15) is 9.59 Å². The van der Waals surface area contributed by atoms with Crippen molar-refractivity contribution < 1.29 is 14.3 Å². The minimum atomic E-state index is -0.565. The second kappa shape index (κ2) is 8.97. The van der Waals surface area contributed by atoms with Crippen LogP contribution in [0.3, 0.4) is 0 Å². The lowest BCUT2D eigenvalue weighted by Crippen LogP contribution is -2.45. The second-order valence-electron chi connectivity index (χ2n) is 6.88. The van der Waals surface area contributed by atoms with Crippen LogP contribution in [-0.4, -0.2) is 55.6 Å². The molecule has 1 aromatic rings. The summed E-state index contributed by atoms with van der Waals surface area (Å²) in [4.78, 5) is 26.3. The van der Waals surface area contributed by atoms with Gasteiger partial charge in [-0.1, -0.05) is 30.3 Å². The van der Waals surface area contributed by atoms with Gasteiger partial charge in [-0.3, -0.25) is 14.5 Å². The summed E-state index contributed by atoms with van der Waals surface area (Å²) >= 11 is 0. The fraction of sp³-hybridized carbons (Fsp3) is 0.579. The molecule has 0 aliphatic carbocycles. The summed E-state index contributed by atoms with van der Waals surface area (Å²) in [5, 5.41) is 5.44. The molecule has 2 N–H and O–H groups in total. The number of nitrogens with zero attached hydrogens (tertiary/aromatic N) is 1. The molecule has 0 unspecified atom stereocenters. The Morgan fingerprint density at radius 1 is 1.04 bits per heavy atom. The molecule has 2 amide bonds. The van der Waals surface area contributed by atoms with E-state index in [1.165, 1.54) is 0 Å². The van der Waals surface area contributed by atoms with Crippen molar-refractivity contribution in [1.82, 2.24) is 15.5 Å². The van der Waals surface area contributed by atoms with Gasteiger partial charge in [-0.15, -0.1) is 0 Å². The van der Waals surface area contributed by atoms with Gasteiger partial charge in [0, 0.05) is 25.7 Å². The zero-order valence-electron chi connectivity index (χ0n) is 14.6. The molecule has 1 atom stereocenters. The van der Waals surface area contributed by atoms with Crippen molar-refractivity contribution in [3.05, 3.63) is 35.9 Å². The van der Waals surface area contributed by atoms with Gasteiger partial charge in [0.25, 0.3) is 0 Å². The molecule has 0 bridgehead atoms. The van der Waals surface area contributed by atoms with Crippen LogP contribution in [0.15, 0.2) is 30.3 Å². The Morgan fingerprint density at radius 2 is 1.76 bits per heavy atom. The third-order valence-corrected chi connectivity index (χ3v) is 5.12. The number of piperidine rings is 1. The normalized spacial score (nSPS) is 21.8. The summed E-state index contributed by atoms with van der Waals surface area (Å²) in [6.07, 6.45) is 3.24. The second-order valence-corrected chi connectivity index (χ2v) is 6.88. The predicted molar refractivity (Wildman–Crippen MR) is 94.8 cm³/mol. The van der Waals surface area contributed by atoms with Gasteiger partial charge >= 0.3 is 11.8 Å². The predicted octanol–water partition coefficient (Wildman–Crippen LogP) is 0.920. The number of nitrogens with one attached hydrogen (secondary N) is 2. The van der Waals surface area contributed by atoms with E-state index in [2.05, 4.69) is 15.5 Å². The Kier molecular flexibility index (Phi) is 6.42. The molecule has 0 saturated carbocycles. The highest BCUT2D eigenvalue weighted by Gasteiger charge is 2.28. The Bertz CT molecular complexity index is 565. The molecule has 6 heteroatoms. The Balaban J connectivity index is 1.33. The maximum Gasteiger partial charge on any atom is 0.309 e. The molecule has 2 aliphatic heterocycles. The summed E-state index contributed by atoms with van der Waals surface area (Å²) in [5.74, 6) is -0.656. The van der Waals surface area contributed by atoms with Gasteiger partial charge in [0.1, 0.15) is 0 Å². The summed E-state index contributed by atoms with van der Waals surface area (Å²) in [7, 11) is 0. The van der Waals surface area contributed by atoms with Crippen LogP contribution in [0.5, 0.6) is 0 Å². The molecule has 3 rings (SSSR count). The first-order valence-electron chi connectivity index (χ1n) is 9.14. The smallest absolute Gasteiger partial charge is 0.309 e. The van der Waals surface area contributed by atoms with Gasteiger partial charge in [0.05, 0.1) is 6.61 Å². The number of benzene rings is 1. The van der Waals surface area contributed by atoms with E-state index < -0.39 is 11.8 Å². The van der Waals surface area contributed by atoms with E-state index in [1.54, 1.807) is 0 Å². The van der Waals surface area contributed by atoms with Gasteiger partial charge in [-0.2, -0.15) is 0 Å². The molecule has 0 aromatic heterocycles. The van der Waals surface area contributed by atoms with E-state index in [0.717, 1.165) is 51.1 Å². The molecule has 0 radical (unpaired) electrons. The van der Waals surface area contributed by atoms with Crippen LogP contribution in [0.2, 0.25) is 0 Å². The molecular formula is C19H27N3O3. The minimum Gasteiger partial charge on any atom is -0.380 e. The molecule has 0 spiro atoms. The van der Waals surface area contributed by atoms with Gasteiger partial charge in [0.15, 0.2) is 0 Å². The average molecular weight is 345 g/mol. The first-order chi connectivity index (χ1) is 12.2. The van der Waals surface area contributed by atoms with E-state index in [4.69, 9.17) is 4.74 Å². The maximum absolute atomic E-state index is 11.9. The summed E-state index contributed by atoms with van der Waals surface area (Å²) in [6, 6.07) is 10.1. The first kappa shape index (κ1) is 17.9. The largest absolute Gasteiger partial charge is 0.380 e. The number of hydrogen-bond acceptors (Lipinski definition) is 4. The molecule has 136 valence electrons. The fourth-order valence-electron chi connectivity index (χ4n) is 3.51. The number of carbonyl (C=O) groups excluding carboxylic acids is 2. The number of hydrogen-bond donors (Lipinski definition) is 2. The van der Waals surface area contributed by atoms with E-state index in [1.807, 2.05) is 30.3 Å². The lowest BCUT2D eigenvalue weighted by atomic mass is 9.95. The Hall–Kier alpha value is -1.92. The lowest BCUT2D eigenvalue weighted by Gasteiger charge is -2.35. The van der Waals surface area contributed by atoms with Gasteiger partial charge in [-0.05, 0) is 43.8 Å². The Labute approximate surface area is 148 Å². The van der Waals surface area contributed by atoms with Crippen LogP contribution in [0, 0.1) is 5.92 Å². The van der Waals surface area contributed by atoms with Crippen molar-refractivity contribution in [2.24, 2.45) is 5.92 Å². The van der Waals surface area contributed by atoms with Crippen molar-refractivity contribution in [2.75, 3.05) is 32.8 Å². The highest BCUT2D eigenvalue weighted by atomic mass is 16.5. The fourth-order valence-corrected chi connectivity index (χ4v) is 3.51. The van der Waals surface area contributed by atoms with Crippen molar-refractivity contribution in [3.8, 4) is 0 Å². The number of amides is 2. The van der Waals surface area contributed by atoms with Crippen LogP contribution in [-0.2, 0) is 20.9 Å². The third kappa shape index (κ3) is 5.28. The van der Waals surface area contributed by atoms with Crippen LogP contribution in [0.4, 0.5) is 0 Å². The molecule has 6 nitrogen and oxygen atoms in total. The maximum atomic E-state index is 11.9. The highest BCUT2D eigenvalue weighted by molar-refractivity contribution is 6.35. The van der Waals surface area contributed by atoms with Crippen molar-refractivity contribution in [1.29, 1.82) is 0 Å². The number of likely N-dealkylation sites (tertiary alicyclic amines) is 1. The molecule has 2 saturated heterocycles. The molecule has 2 heterocycles. The van der Waals surface area contributed by atoms with Crippen LogP contribution in [0.1, 0.15) is 24.8 Å². The standard InChI is InChI=1S/C19H27N3O3/c23-18(20-12-15-4-2-1-3-5-15)19(24)21-13-16-6-9-22(10-7-16)17-8-11-25-14-17/h1-5,16-17H,6-14H2,(H,20,23)(H,21,24)/t17-/m0/s1. The molecule has 25 heavy (non-hydrogen) atoms. The highest BCUT2D eigenvalue weighted by Crippen LogP contribution is 2.21. The zero-order chi connectivity index (χ0) is 17.5. The van der Waals surface area contributed by atoms with Crippen LogP contribution >= 0.6 is 0 Å². The first-order valence-corrected chi connectivity index (χ1v) is 9.14. The average Bonchev–Trinajstić information content (AvgIpc) is 3.20. The summed E-state index contributed by atoms with van der Waals surface area (Å²) < 4.78 is 5.45. The Morgan fingerprint density at radius 3 is 2.44 bits per heavy atom. The number of carbonyl (C=O) groups is 2. The minimum absolute atomic E-state index is 0.370. The van der Waals surface area contributed by atoms with Crippen molar-refractivity contribution in [3.63, 3.8) is 0 Å². The van der Waals surface area contributed by atoms with E-state index >= 15 is 0 Å². The molecular weight excluding hydrogens is 318 g/mol. The number of rotatable bonds is 5. The van der Waals surface area contributed by atoms with Crippen molar-refractivity contribution >= 4 is 11.8 Å². The molecule has 1 aromatic carbocycles. The van der Waals surface area contributed by atoms with E-state index in [0.29, 0.717) is 25.0 Å². The quantitative estimate of drug-likeness (QED) is 0.779. The topological polar surface area (TPSA) is 70.7 Å². The monoisotopic (exact) mass is 345 g/mol. The third-order valence-electron chi connectivity index (χ3n) is 5.12. The van der Waals surface area contributed by atoms with Crippen molar-refractivity contribution in [2.45, 2.75) is 31.8 Å². The van der Waals surface area contributed by atoms with Crippen LogP contribution in [0.25, 0.3) is 0 Å². The molecule has 2 fully saturated rings. The lowest BCUT2D eigenvalue weighted by molar-refractivity contribution is -0.139. The van der Waals surface area contributed by atoms with E-state index in [-0.39, 0.29) is 0 Å². The molecule has 2 aliphatic rings. The SMILES string of the molecule is O=C(NCc1ccccc1)C(=O)NCC1CCN([C@H]2CCOC2)CC1. The van der Waals surface area contributed by atoms with Gasteiger partial charge < -0.3 is 15.4 Å². The summed E-state index contributed by atoms with van der Waals surface area (Å²) in [6.45, 7) is 4.77. The van der Waals surface area contributed by atoms with Gasteiger partial charge in [0.2, 0.25) is 0 Å². The van der Waals surface area contributed by atoms with Crippen LogP contribution < -0.4 is 10.6 Å². The summed E-state index contributed by atoms with van der Waals surface area (Å²) in [5.41, 5.74) is 0.979.